The zero-order chi connectivity index (χ0) is 11.7. The number of nitrogens with zero attached hydrogens (tertiary/aromatic N) is 2. The van der Waals surface area contributed by atoms with Gasteiger partial charge in [0.05, 0.1) is 18.6 Å². The van der Waals surface area contributed by atoms with Gasteiger partial charge in [-0.2, -0.15) is 0 Å². The van der Waals surface area contributed by atoms with Crippen LogP contribution in [0, 0.1) is 10.1 Å². The van der Waals surface area contributed by atoms with Crippen LogP contribution in [0.5, 0.6) is 0 Å². The van der Waals surface area contributed by atoms with Gasteiger partial charge in [0.1, 0.15) is 6.04 Å². The van der Waals surface area contributed by atoms with E-state index in [-0.39, 0.29) is 17.7 Å². The van der Waals surface area contributed by atoms with Gasteiger partial charge in [-0.15, -0.1) is 0 Å². The highest BCUT2D eigenvalue weighted by atomic mass is 16.6. The molecule has 0 aliphatic carbocycles. The van der Waals surface area contributed by atoms with Crippen molar-refractivity contribution in [2.45, 2.75) is 6.04 Å². The van der Waals surface area contributed by atoms with Crippen molar-refractivity contribution in [3.63, 3.8) is 0 Å². The lowest BCUT2D eigenvalue weighted by atomic mass is 10.3. The number of benzene rings is 1. The molecule has 0 radical (unpaired) electrons. The summed E-state index contributed by atoms with van der Waals surface area (Å²) in [7, 11) is 1.34. The van der Waals surface area contributed by atoms with Gasteiger partial charge in [-0.1, -0.05) is 0 Å². The first kappa shape index (κ1) is 10.4. The number of anilines is 1. The van der Waals surface area contributed by atoms with Crippen molar-refractivity contribution in [1.29, 1.82) is 0 Å². The third-order valence-corrected chi connectivity index (χ3v) is 2.48. The number of rotatable bonds is 3. The molecule has 0 unspecified atom stereocenters. The standard InChI is InChI=1S/C10H10N2O4/c1-16-10(13)9-6-11(9)7-2-4-8(5-3-7)12(14)15/h2-5,9H,6H2,1H3/t9-,11?/m0/s1. The number of carbonyl (C=O) groups is 1. The van der Waals surface area contributed by atoms with Gasteiger partial charge in [-0.3, -0.25) is 10.1 Å². The van der Waals surface area contributed by atoms with Gasteiger partial charge in [0.15, 0.2) is 0 Å². The summed E-state index contributed by atoms with van der Waals surface area (Å²) < 4.78 is 4.60. The second-order valence-electron chi connectivity index (χ2n) is 3.46. The van der Waals surface area contributed by atoms with Crippen molar-refractivity contribution in [1.82, 2.24) is 0 Å². The summed E-state index contributed by atoms with van der Waals surface area (Å²) in [6.07, 6.45) is 0. The average molecular weight is 222 g/mol. The minimum atomic E-state index is -0.455. The predicted octanol–water partition coefficient (Wildman–Crippen LogP) is 0.956. The van der Waals surface area contributed by atoms with E-state index in [0.717, 1.165) is 5.69 Å². The Morgan fingerprint density at radius 2 is 2.12 bits per heavy atom. The molecule has 0 bridgehead atoms. The Labute approximate surface area is 91.6 Å². The van der Waals surface area contributed by atoms with Crippen molar-refractivity contribution in [3.05, 3.63) is 34.4 Å². The van der Waals surface area contributed by atoms with Gasteiger partial charge < -0.3 is 9.64 Å². The van der Waals surface area contributed by atoms with Gasteiger partial charge in [-0.25, -0.2) is 4.79 Å². The molecule has 6 heteroatoms. The lowest BCUT2D eigenvalue weighted by Crippen LogP contribution is -2.13. The monoisotopic (exact) mass is 222 g/mol. The third kappa shape index (κ3) is 1.81. The van der Waals surface area contributed by atoms with E-state index in [2.05, 4.69) is 4.74 Å². The van der Waals surface area contributed by atoms with Crippen molar-refractivity contribution in [2.24, 2.45) is 0 Å². The van der Waals surface area contributed by atoms with Crippen LogP contribution >= 0.6 is 0 Å². The zero-order valence-corrected chi connectivity index (χ0v) is 8.62. The van der Waals surface area contributed by atoms with Crippen LogP contribution in [0.15, 0.2) is 24.3 Å². The molecule has 0 aromatic heterocycles. The Hall–Kier alpha value is -2.11. The maximum atomic E-state index is 11.2. The summed E-state index contributed by atoms with van der Waals surface area (Å²) >= 11 is 0. The van der Waals surface area contributed by atoms with Gasteiger partial charge in [0, 0.05) is 17.8 Å². The quantitative estimate of drug-likeness (QED) is 0.329. The van der Waals surface area contributed by atoms with E-state index >= 15 is 0 Å². The van der Waals surface area contributed by atoms with Gasteiger partial charge in [-0.05, 0) is 12.1 Å². The van der Waals surface area contributed by atoms with Crippen LogP contribution in [0.2, 0.25) is 0 Å². The maximum Gasteiger partial charge on any atom is 0.330 e. The highest BCUT2D eigenvalue weighted by molar-refractivity contribution is 5.86. The van der Waals surface area contributed by atoms with E-state index in [1.54, 1.807) is 12.1 Å². The maximum absolute atomic E-state index is 11.2. The molecule has 0 amide bonds. The Morgan fingerprint density at radius 1 is 1.50 bits per heavy atom. The fourth-order valence-corrected chi connectivity index (χ4v) is 1.53. The predicted molar refractivity (Wildman–Crippen MR) is 56.2 cm³/mol. The molecule has 84 valence electrons. The molecular formula is C10H10N2O4. The molecule has 0 N–H and O–H groups in total. The molecular weight excluding hydrogens is 212 g/mol. The number of non-ortho nitro benzene ring substituents is 1. The molecule has 1 atom stereocenters. The largest absolute Gasteiger partial charge is 0.467 e. The van der Waals surface area contributed by atoms with Gasteiger partial charge >= 0.3 is 5.97 Å². The van der Waals surface area contributed by atoms with E-state index in [4.69, 9.17) is 0 Å². The number of nitro groups is 1. The topological polar surface area (TPSA) is 72.5 Å². The molecule has 6 nitrogen and oxygen atoms in total. The molecule has 1 fully saturated rings. The minimum Gasteiger partial charge on any atom is -0.467 e. The van der Waals surface area contributed by atoms with Crippen LogP contribution < -0.4 is 4.90 Å². The Bertz CT molecular complexity index is 429. The Morgan fingerprint density at radius 3 is 2.62 bits per heavy atom. The fraction of sp³-hybridized carbons (Fsp3) is 0.300. The molecule has 1 aromatic rings. The summed E-state index contributed by atoms with van der Waals surface area (Å²) in [4.78, 5) is 23.0. The molecule has 16 heavy (non-hydrogen) atoms. The van der Waals surface area contributed by atoms with Crippen molar-refractivity contribution in [3.8, 4) is 0 Å². The van der Waals surface area contributed by atoms with Crippen LogP contribution in [-0.2, 0) is 9.53 Å². The first-order chi connectivity index (χ1) is 7.63. The summed E-state index contributed by atoms with van der Waals surface area (Å²) in [5.41, 5.74) is 0.834. The fourth-order valence-electron chi connectivity index (χ4n) is 1.53. The number of ether oxygens (including phenoxy) is 1. The molecule has 1 aliphatic rings. The molecule has 1 heterocycles. The second-order valence-corrected chi connectivity index (χ2v) is 3.46. The summed E-state index contributed by atoms with van der Waals surface area (Å²) in [6, 6.07) is 5.85. The summed E-state index contributed by atoms with van der Waals surface area (Å²) in [5, 5.41) is 10.4. The second kappa shape index (κ2) is 3.80. The van der Waals surface area contributed by atoms with E-state index in [0.29, 0.717) is 6.54 Å². The average Bonchev–Trinajstić information content (AvgIpc) is 3.08. The highest BCUT2D eigenvalue weighted by Crippen LogP contribution is 2.29. The number of hydrogen-bond acceptors (Lipinski definition) is 5. The third-order valence-electron chi connectivity index (χ3n) is 2.48. The summed E-state index contributed by atoms with van der Waals surface area (Å²) in [5.74, 6) is -0.279. The zero-order valence-electron chi connectivity index (χ0n) is 8.62. The van der Waals surface area contributed by atoms with E-state index in [1.165, 1.54) is 19.2 Å². The smallest absolute Gasteiger partial charge is 0.330 e. The minimum absolute atomic E-state index is 0.0419. The van der Waals surface area contributed by atoms with Crippen LogP contribution in [0.25, 0.3) is 0 Å². The number of esters is 1. The number of hydrogen-bond donors (Lipinski definition) is 0. The van der Waals surface area contributed by atoms with Crippen LogP contribution in [0.3, 0.4) is 0 Å². The molecule has 0 spiro atoms. The van der Waals surface area contributed by atoms with Crippen molar-refractivity contribution < 1.29 is 14.5 Å². The number of nitro benzene ring substituents is 1. The SMILES string of the molecule is COC(=O)[C@@H]1CN1c1ccc([N+](=O)[O-])cc1. The van der Waals surface area contributed by atoms with Crippen LogP contribution in [-0.4, -0.2) is 30.6 Å². The van der Waals surface area contributed by atoms with Gasteiger partial charge in [0.2, 0.25) is 0 Å². The lowest BCUT2D eigenvalue weighted by molar-refractivity contribution is -0.384. The lowest BCUT2D eigenvalue weighted by Gasteiger charge is -2.03. The van der Waals surface area contributed by atoms with Crippen molar-refractivity contribution in [2.75, 3.05) is 18.6 Å². The first-order valence-corrected chi connectivity index (χ1v) is 4.72. The molecule has 2 rings (SSSR count). The van der Waals surface area contributed by atoms with E-state index < -0.39 is 4.92 Å². The van der Waals surface area contributed by atoms with Crippen LogP contribution in [0.4, 0.5) is 11.4 Å². The highest BCUT2D eigenvalue weighted by Gasteiger charge is 2.41. The number of methoxy groups -OCH3 is 1. The van der Waals surface area contributed by atoms with Gasteiger partial charge in [0.25, 0.3) is 5.69 Å². The Kier molecular flexibility index (Phi) is 2.47. The molecule has 1 saturated heterocycles. The van der Waals surface area contributed by atoms with E-state index in [9.17, 15) is 14.9 Å². The molecule has 1 aliphatic heterocycles. The molecule has 1 aromatic carbocycles. The molecule has 0 saturated carbocycles. The van der Waals surface area contributed by atoms with Crippen LogP contribution in [0.1, 0.15) is 0 Å². The number of carbonyl (C=O) groups excluding carboxylic acids is 1. The normalized spacial score (nSPS) is 18.1. The Balaban J connectivity index is 2.07. The first-order valence-electron chi connectivity index (χ1n) is 4.72. The summed E-state index contributed by atoms with van der Waals surface area (Å²) in [6.45, 7) is 0.602. The van der Waals surface area contributed by atoms with E-state index in [1.807, 2.05) is 4.90 Å². The van der Waals surface area contributed by atoms with Crippen molar-refractivity contribution >= 4 is 17.3 Å².